The zero-order valence-electron chi connectivity index (χ0n) is 16.0. The summed E-state index contributed by atoms with van der Waals surface area (Å²) in [5, 5.41) is 11.8. The minimum Gasteiger partial charge on any atom is -0.481 e. The third-order valence-corrected chi connectivity index (χ3v) is 3.95. The molecular weight excluding hydrogens is 334 g/mol. The summed E-state index contributed by atoms with van der Waals surface area (Å²) in [4.78, 5) is 23.1. The van der Waals surface area contributed by atoms with Gasteiger partial charge in [0.2, 0.25) is 0 Å². The fourth-order valence-electron chi connectivity index (χ4n) is 2.00. The van der Waals surface area contributed by atoms with Crippen molar-refractivity contribution < 1.29 is 19.4 Å². The molecule has 0 aliphatic carbocycles. The Labute approximate surface area is 150 Å². The highest BCUT2D eigenvalue weighted by molar-refractivity contribution is 6.83. The first-order valence-corrected chi connectivity index (χ1v) is 11.7. The van der Waals surface area contributed by atoms with Gasteiger partial charge in [-0.3, -0.25) is 10.1 Å². The van der Waals surface area contributed by atoms with E-state index in [1.165, 1.54) is 0 Å². The quantitative estimate of drug-likeness (QED) is 0.625. The number of nitrogens with one attached hydrogen (secondary N) is 1. The van der Waals surface area contributed by atoms with Crippen molar-refractivity contribution in [1.82, 2.24) is 0 Å². The first-order valence-electron chi connectivity index (χ1n) is 8.15. The summed E-state index contributed by atoms with van der Waals surface area (Å²) in [6, 6.07) is 3.42. The molecule has 0 aromatic heterocycles. The number of benzene rings is 1. The molecule has 6 heteroatoms. The maximum atomic E-state index is 12.0. The second-order valence-corrected chi connectivity index (χ2v) is 12.8. The van der Waals surface area contributed by atoms with Gasteiger partial charge in [-0.05, 0) is 51.0 Å². The molecule has 0 unspecified atom stereocenters. The lowest BCUT2D eigenvalue weighted by Gasteiger charge is -2.20. The van der Waals surface area contributed by atoms with E-state index in [2.05, 4.69) is 36.4 Å². The molecule has 0 bridgehead atoms. The fourth-order valence-corrected chi connectivity index (χ4v) is 2.51. The van der Waals surface area contributed by atoms with E-state index in [1.54, 1.807) is 32.9 Å². The molecule has 25 heavy (non-hydrogen) atoms. The third kappa shape index (κ3) is 7.90. The summed E-state index contributed by atoms with van der Waals surface area (Å²) in [6.45, 7) is 13.6. The first-order chi connectivity index (χ1) is 11.3. The van der Waals surface area contributed by atoms with E-state index in [9.17, 15) is 9.59 Å². The minimum atomic E-state index is -1.58. The Balaban J connectivity index is 3.26. The lowest BCUT2D eigenvalue weighted by Crippen LogP contribution is -2.27. The van der Waals surface area contributed by atoms with E-state index >= 15 is 0 Å². The zero-order chi connectivity index (χ0) is 19.4. The van der Waals surface area contributed by atoms with Crippen LogP contribution in [-0.4, -0.2) is 30.8 Å². The molecule has 0 aliphatic rings. The number of carboxylic acid groups (broad SMARTS) is 1. The summed E-state index contributed by atoms with van der Waals surface area (Å²) in [5.74, 6) is 2.23. The van der Waals surface area contributed by atoms with Crippen molar-refractivity contribution >= 4 is 25.8 Å². The summed E-state index contributed by atoms with van der Waals surface area (Å²) < 4.78 is 5.25. The Morgan fingerprint density at radius 3 is 2.32 bits per heavy atom. The number of carbonyl (C=O) groups is 2. The molecule has 1 rings (SSSR count). The number of ether oxygens (including phenoxy) is 1. The number of aliphatic carboxylic acids is 1. The molecule has 2 N–H and O–H groups in total. The van der Waals surface area contributed by atoms with Crippen LogP contribution >= 0.6 is 0 Å². The van der Waals surface area contributed by atoms with Gasteiger partial charge in [-0.25, -0.2) is 4.79 Å². The van der Waals surface area contributed by atoms with Crippen LogP contribution < -0.4 is 5.32 Å². The molecule has 0 saturated heterocycles. The number of anilines is 1. The van der Waals surface area contributed by atoms with Crippen LogP contribution in [0.4, 0.5) is 10.5 Å². The number of carboxylic acids is 1. The highest BCUT2D eigenvalue weighted by Crippen LogP contribution is 2.22. The van der Waals surface area contributed by atoms with Gasteiger partial charge in [-0.15, -0.1) is 5.54 Å². The van der Waals surface area contributed by atoms with Crippen molar-refractivity contribution in [2.24, 2.45) is 0 Å². The van der Waals surface area contributed by atoms with Crippen LogP contribution in [0.25, 0.3) is 0 Å². The predicted molar refractivity (Wildman–Crippen MR) is 103 cm³/mol. The van der Waals surface area contributed by atoms with Crippen molar-refractivity contribution in [3.05, 3.63) is 28.8 Å². The molecule has 1 aromatic carbocycles. The predicted octanol–water partition coefficient (Wildman–Crippen LogP) is 4.20. The Hall–Kier alpha value is -2.26. The molecule has 0 spiro atoms. The Morgan fingerprint density at radius 2 is 1.84 bits per heavy atom. The SMILES string of the molecule is Cc1c(C#C[Si](C)(C)C)cc(NC(=O)OC(C)(C)C)cc1CC(=O)O. The van der Waals surface area contributed by atoms with Crippen LogP contribution in [0.15, 0.2) is 12.1 Å². The first kappa shape index (κ1) is 20.8. The molecular formula is C19H27NO4Si. The van der Waals surface area contributed by atoms with E-state index in [0.29, 0.717) is 11.3 Å². The van der Waals surface area contributed by atoms with Gasteiger partial charge in [0, 0.05) is 11.3 Å². The van der Waals surface area contributed by atoms with Crippen LogP contribution in [0.3, 0.4) is 0 Å². The van der Waals surface area contributed by atoms with Gasteiger partial charge in [-0.1, -0.05) is 25.6 Å². The van der Waals surface area contributed by atoms with Crippen LogP contribution in [0.1, 0.15) is 37.5 Å². The number of hydrogen-bond donors (Lipinski definition) is 2. The summed E-state index contributed by atoms with van der Waals surface area (Å²) in [5.41, 5.74) is 5.32. The summed E-state index contributed by atoms with van der Waals surface area (Å²) >= 11 is 0. The number of amides is 1. The number of rotatable bonds is 3. The Bertz CT molecular complexity index is 731. The molecule has 0 atom stereocenters. The number of hydrogen-bond acceptors (Lipinski definition) is 3. The second kappa shape index (κ2) is 7.75. The molecule has 1 aromatic rings. The number of carbonyl (C=O) groups excluding carboxylic acids is 1. The molecule has 0 radical (unpaired) electrons. The van der Waals surface area contributed by atoms with Crippen LogP contribution in [0, 0.1) is 18.4 Å². The monoisotopic (exact) mass is 361 g/mol. The average molecular weight is 362 g/mol. The smallest absolute Gasteiger partial charge is 0.412 e. The van der Waals surface area contributed by atoms with Crippen molar-refractivity contribution in [2.75, 3.05) is 5.32 Å². The van der Waals surface area contributed by atoms with Gasteiger partial charge < -0.3 is 9.84 Å². The molecule has 1 amide bonds. The summed E-state index contributed by atoms with van der Waals surface area (Å²) in [7, 11) is -1.58. The largest absolute Gasteiger partial charge is 0.481 e. The maximum absolute atomic E-state index is 12.0. The maximum Gasteiger partial charge on any atom is 0.412 e. The van der Waals surface area contributed by atoms with Crippen LogP contribution in [0.5, 0.6) is 0 Å². The van der Waals surface area contributed by atoms with E-state index in [4.69, 9.17) is 9.84 Å². The highest BCUT2D eigenvalue weighted by atomic mass is 28.3. The van der Waals surface area contributed by atoms with Gasteiger partial charge >= 0.3 is 12.1 Å². The van der Waals surface area contributed by atoms with E-state index in [-0.39, 0.29) is 6.42 Å². The van der Waals surface area contributed by atoms with Gasteiger partial charge in [0.15, 0.2) is 0 Å². The topological polar surface area (TPSA) is 75.6 Å². The van der Waals surface area contributed by atoms with Crippen molar-refractivity contribution in [1.29, 1.82) is 0 Å². The molecule has 5 nitrogen and oxygen atoms in total. The molecule has 0 aliphatic heterocycles. The van der Waals surface area contributed by atoms with Gasteiger partial charge in [-0.2, -0.15) is 0 Å². The average Bonchev–Trinajstić information content (AvgIpc) is 2.36. The van der Waals surface area contributed by atoms with Crippen molar-refractivity contribution in [2.45, 2.75) is 59.4 Å². The van der Waals surface area contributed by atoms with E-state index in [0.717, 1.165) is 11.1 Å². The normalized spacial score (nSPS) is 11.3. The van der Waals surface area contributed by atoms with Gasteiger partial charge in [0.1, 0.15) is 13.7 Å². The minimum absolute atomic E-state index is 0.128. The van der Waals surface area contributed by atoms with Crippen LogP contribution in [-0.2, 0) is 16.0 Å². The standard InChI is InChI=1S/C19H27NO4Si/c1-13-14(8-9-25(5,6)7)10-16(11-15(13)12-17(21)22)20-18(23)24-19(2,3)4/h10-11H,12H2,1-7H3,(H,20,23)(H,21,22). The Kier molecular flexibility index (Phi) is 6.44. The highest BCUT2D eigenvalue weighted by Gasteiger charge is 2.17. The van der Waals surface area contributed by atoms with E-state index < -0.39 is 25.7 Å². The molecule has 0 fully saturated rings. The van der Waals surface area contributed by atoms with Gasteiger partial charge in [0.05, 0.1) is 6.42 Å². The van der Waals surface area contributed by atoms with E-state index in [1.807, 2.05) is 6.92 Å². The van der Waals surface area contributed by atoms with Crippen molar-refractivity contribution in [3.8, 4) is 11.5 Å². The molecule has 0 heterocycles. The molecule has 0 saturated carbocycles. The zero-order valence-corrected chi connectivity index (χ0v) is 17.0. The third-order valence-electron chi connectivity index (χ3n) is 3.07. The lowest BCUT2D eigenvalue weighted by atomic mass is 9.99. The van der Waals surface area contributed by atoms with Crippen LogP contribution in [0.2, 0.25) is 19.6 Å². The lowest BCUT2D eigenvalue weighted by molar-refractivity contribution is -0.136. The van der Waals surface area contributed by atoms with Gasteiger partial charge in [0.25, 0.3) is 0 Å². The Morgan fingerprint density at radius 1 is 1.24 bits per heavy atom. The molecule has 136 valence electrons. The second-order valence-electron chi connectivity index (χ2n) is 8.01. The summed E-state index contributed by atoms with van der Waals surface area (Å²) in [6.07, 6.45) is -0.709. The fraction of sp³-hybridized carbons (Fsp3) is 0.474. The van der Waals surface area contributed by atoms with Crippen molar-refractivity contribution in [3.63, 3.8) is 0 Å².